The van der Waals surface area contributed by atoms with Gasteiger partial charge < -0.3 is 20.4 Å². The number of nitriles is 1. The summed E-state index contributed by atoms with van der Waals surface area (Å²) in [6.07, 6.45) is 1.18. The van der Waals surface area contributed by atoms with Gasteiger partial charge in [0.05, 0.1) is 17.9 Å². The molecular formula is C31H41F3N8O4S. The summed E-state index contributed by atoms with van der Waals surface area (Å²) in [6.45, 7) is 2.07. The Hall–Kier alpha value is -3.97. The van der Waals surface area contributed by atoms with Crippen molar-refractivity contribution in [2.75, 3.05) is 55.3 Å². The number of hydrogen-bond donors (Lipinski definition) is 3. The Morgan fingerprint density at radius 2 is 1.70 bits per heavy atom. The van der Waals surface area contributed by atoms with Crippen molar-refractivity contribution < 1.29 is 31.2 Å². The second-order valence-electron chi connectivity index (χ2n) is 11.9. The van der Waals surface area contributed by atoms with Gasteiger partial charge in [-0.15, -0.1) is 0 Å². The minimum atomic E-state index is -4.76. The van der Waals surface area contributed by atoms with Crippen LogP contribution in [-0.4, -0.2) is 81.8 Å². The van der Waals surface area contributed by atoms with Gasteiger partial charge in [0.15, 0.2) is 0 Å². The standard InChI is InChI=1S/C31H41F3N8O4S/c1-47(45,46)38-16-15-36-28(43)6-2-4-22-12-18-41(19-13-22)26-20-27(40-30(39-26)31(32,33)34)42-17-3-5-25(42)29(44)37-14-11-23-7-9-24(21-35)10-8-23/h7-10,20,22,25,38H,2-6,11-19H2,1H3,(H,36,43)(H,37,44). The normalized spacial score (nSPS) is 17.4. The molecule has 16 heteroatoms. The highest BCUT2D eigenvalue weighted by atomic mass is 32.2. The molecule has 2 aliphatic heterocycles. The quantitative estimate of drug-likeness (QED) is 0.255. The Morgan fingerprint density at radius 1 is 1.00 bits per heavy atom. The minimum absolute atomic E-state index is 0.0759. The molecule has 12 nitrogen and oxygen atoms in total. The molecule has 2 fully saturated rings. The summed E-state index contributed by atoms with van der Waals surface area (Å²) in [7, 11) is -3.31. The van der Waals surface area contributed by atoms with Gasteiger partial charge in [0, 0.05) is 51.8 Å². The number of piperidine rings is 1. The monoisotopic (exact) mass is 678 g/mol. The van der Waals surface area contributed by atoms with E-state index in [1.807, 2.05) is 17.0 Å². The predicted molar refractivity (Wildman–Crippen MR) is 170 cm³/mol. The Balaban J connectivity index is 1.31. The maximum absolute atomic E-state index is 13.9. The molecule has 0 spiro atoms. The lowest BCUT2D eigenvalue weighted by Gasteiger charge is -2.34. The molecule has 0 aliphatic carbocycles. The molecule has 256 valence electrons. The van der Waals surface area contributed by atoms with Crippen molar-refractivity contribution in [3.05, 3.63) is 47.3 Å². The van der Waals surface area contributed by atoms with Crippen LogP contribution >= 0.6 is 0 Å². The lowest BCUT2D eigenvalue weighted by atomic mass is 9.91. The van der Waals surface area contributed by atoms with E-state index >= 15 is 0 Å². The average Bonchev–Trinajstić information content (AvgIpc) is 3.53. The van der Waals surface area contributed by atoms with Crippen LogP contribution in [-0.2, 0) is 32.2 Å². The largest absolute Gasteiger partial charge is 0.451 e. The van der Waals surface area contributed by atoms with Crippen LogP contribution in [0.25, 0.3) is 0 Å². The number of sulfonamides is 1. The third kappa shape index (κ3) is 11.1. The summed E-state index contributed by atoms with van der Waals surface area (Å²) in [6, 6.07) is 10.0. The first-order valence-corrected chi connectivity index (χ1v) is 17.7. The number of nitrogens with one attached hydrogen (secondary N) is 3. The highest BCUT2D eigenvalue weighted by molar-refractivity contribution is 7.88. The summed E-state index contributed by atoms with van der Waals surface area (Å²) >= 11 is 0. The van der Waals surface area contributed by atoms with Crippen molar-refractivity contribution in [1.82, 2.24) is 25.3 Å². The van der Waals surface area contributed by atoms with Crippen LogP contribution in [0.1, 0.15) is 61.9 Å². The first-order valence-electron chi connectivity index (χ1n) is 15.8. The third-order valence-corrected chi connectivity index (χ3v) is 9.09. The second kappa shape index (κ2) is 16.2. The second-order valence-corrected chi connectivity index (χ2v) is 13.8. The predicted octanol–water partition coefficient (Wildman–Crippen LogP) is 2.75. The van der Waals surface area contributed by atoms with Crippen molar-refractivity contribution in [2.24, 2.45) is 5.92 Å². The van der Waals surface area contributed by atoms with E-state index in [0.29, 0.717) is 69.8 Å². The molecule has 2 saturated heterocycles. The Labute approximate surface area is 273 Å². The lowest BCUT2D eigenvalue weighted by molar-refractivity contribution is -0.144. The number of carbonyl (C=O) groups is 2. The van der Waals surface area contributed by atoms with Gasteiger partial charge in [-0.25, -0.2) is 23.1 Å². The maximum atomic E-state index is 13.9. The summed E-state index contributed by atoms with van der Waals surface area (Å²) in [4.78, 5) is 36.4. The molecule has 0 bridgehead atoms. The topological polar surface area (TPSA) is 160 Å². The average molecular weight is 679 g/mol. The first-order chi connectivity index (χ1) is 22.3. The molecule has 3 heterocycles. The molecule has 3 N–H and O–H groups in total. The van der Waals surface area contributed by atoms with Gasteiger partial charge in [0.25, 0.3) is 0 Å². The molecule has 47 heavy (non-hydrogen) atoms. The number of alkyl halides is 3. The van der Waals surface area contributed by atoms with Crippen molar-refractivity contribution in [3.8, 4) is 6.07 Å². The summed E-state index contributed by atoms with van der Waals surface area (Å²) < 4.78 is 66.3. The lowest BCUT2D eigenvalue weighted by Crippen LogP contribution is -2.44. The van der Waals surface area contributed by atoms with Crippen LogP contribution < -0.4 is 25.2 Å². The van der Waals surface area contributed by atoms with Gasteiger partial charge in [0.2, 0.25) is 27.7 Å². The zero-order valence-corrected chi connectivity index (χ0v) is 27.2. The number of anilines is 2. The fraction of sp³-hybridized carbons (Fsp3) is 0.581. The fourth-order valence-electron chi connectivity index (χ4n) is 5.89. The molecule has 1 unspecified atom stereocenters. The van der Waals surface area contributed by atoms with E-state index < -0.39 is 28.1 Å². The Bertz CT molecular complexity index is 1520. The van der Waals surface area contributed by atoms with Crippen LogP contribution in [0.15, 0.2) is 30.3 Å². The minimum Gasteiger partial charge on any atom is -0.356 e. The summed E-state index contributed by atoms with van der Waals surface area (Å²) in [5.74, 6) is -1.11. The number of halogens is 3. The smallest absolute Gasteiger partial charge is 0.356 e. The molecule has 0 saturated carbocycles. The first kappa shape index (κ1) is 35.9. The molecule has 2 aromatic rings. The van der Waals surface area contributed by atoms with Crippen molar-refractivity contribution in [3.63, 3.8) is 0 Å². The number of amides is 2. The van der Waals surface area contributed by atoms with Crippen LogP contribution in [0.3, 0.4) is 0 Å². The molecule has 1 atom stereocenters. The van der Waals surface area contributed by atoms with E-state index in [-0.39, 0.29) is 36.5 Å². The van der Waals surface area contributed by atoms with E-state index in [9.17, 15) is 31.2 Å². The van der Waals surface area contributed by atoms with Crippen LogP contribution in [0, 0.1) is 17.2 Å². The number of benzene rings is 1. The zero-order chi connectivity index (χ0) is 34.0. The number of nitrogens with zero attached hydrogens (tertiary/aromatic N) is 5. The van der Waals surface area contributed by atoms with Crippen molar-refractivity contribution >= 4 is 33.5 Å². The van der Waals surface area contributed by atoms with Gasteiger partial charge in [0.1, 0.15) is 17.7 Å². The number of aromatic nitrogens is 2. The van der Waals surface area contributed by atoms with Gasteiger partial charge in [-0.3, -0.25) is 9.59 Å². The molecule has 2 amide bonds. The number of rotatable bonds is 14. The van der Waals surface area contributed by atoms with E-state index in [1.54, 1.807) is 23.1 Å². The molecule has 2 aliphatic rings. The van der Waals surface area contributed by atoms with Gasteiger partial charge >= 0.3 is 6.18 Å². The maximum Gasteiger partial charge on any atom is 0.451 e. The van der Waals surface area contributed by atoms with E-state index in [0.717, 1.165) is 31.1 Å². The van der Waals surface area contributed by atoms with Crippen molar-refractivity contribution in [2.45, 2.75) is 63.6 Å². The summed E-state index contributed by atoms with van der Waals surface area (Å²) in [5.41, 5.74) is 1.50. The molecule has 4 rings (SSSR count). The summed E-state index contributed by atoms with van der Waals surface area (Å²) in [5, 5.41) is 14.5. The highest BCUT2D eigenvalue weighted by Gasteiger charge is 2.39. The molecule has 1 aromatic carbocycles. The Morgan fingerprint density at radius 3 is 2.36 bits per heavy atom. The van der Waals surface area contributed by atoms with Crippen LogP contribution in [0.4, 0.5) is 24.8 Å². The molecular weight excluding hydrogens is 637 g/mol. The number of carbonyl (C=O) groups excluding carboxylic acids is 2. The zero-order valence-electron chi connectivity index (χ0n) is 26.4. The van der Waals surface area contributed by atoms with Crippen LogP contribution in [0.2, 0.25) is 0 Å². The Kier molecular flexibility index (Phi) is 12.4. The van der Waals surface area contributed by atoms with E-state index in [4.69, 9.17) is 5.26 Å². The number of hydrogen-bond acceptors (Lipinski definition) is 9. The van der Waals surface area contributed by atoms with E-state index in [1.165, 1.54) is 0 Å². The van der Waals surface area contributed by atoms with Gasteiger partial charge in [-0.1, -0.05) is 12.1 Å². The van der Waals surface area contributed by atoms with Crippen LogP contribution in [0.5, 0.6) is 0 Å². The molecule has 1 aromatic heterocycles. The SMILES string of the molecule is CS(=O)(=O)NCCNC(=O)CCCC1CCN(c2cc(N3CCCC3C(=O)NCCc3ccc(C#N)cc3)nc(C(F)(F)F)n2)CC1. The van der Waals surface area contributed by atoms with E-state index in [2.05, 4.69) is 31.4 Å². The van der Waals surface area contributed by atoms with Gasteiger partial charge in [-0.05, 0) is 68.6 Å². The third-order valence-electron chi connectivity index (χ3n) is 8.36. The molecule has 0 radical (unpaired) electrons. The fourth-order valence-corrected chi connectivity index (χ4v) is 6.37. The van der Waals surface area contributed by atoms with Crippen molar-refractivity contribution in [1.29, 1.82) is 5.26 Å². The highest BCUT2D eigenvalue weighted by Crippen LogP contribution is 2.34. The van der Waals surface area contributed by atoms with Gasteiger partial charge in [-0.2, -0.15) is 18.4 Å².